The first kappa shape index (κ1) is 13.7. The van der Waals surface area contributed by atoms with E-state index < -0.39 is 11.1 Å². The van der Waals surface area contributed by atoms with E-state index in [4.69, 9.17) is 9.84 Å². The van der Waals surface area contributed by atoms with E-state index >= 15 is 0 Å². The third kappa shape index (κ3) is 4.55. The van der Waals surface area contributed by atoms with Crippen molar-refractivity contribution in [3.05, 3.63) is 22.7 Å². The molecule has 0 aromatic carbocycles. The summed E-state index contributed by atoms with van der Waals surface area (Å²) in [6, 6.07) is 1.47. The van der Waals surface area contributed by atoms with Crippen molar-refractivity contribution in [1.82, 2.24) is 9.55 Å². The second-order valence-electron chi connectivity index (χ2n) is 3.18. The molecule has 1 heterocycles. The van der Waals surface area contributed by atoms with Crippen LogP contribution in [0.3, 0.4) is 0 Å². The minimum absolute atomic E-state index is 0.0685. The molecule has 0 fully saturated rings. The van der Waals surface area contributed by atoms with Gasteiger partial charge in [0.2, 0.25) is 5.91 Å². The summed E-state index contributed by atoms with van der Waals surface area (Å²) in [6.07, 6.45) is 1.43. The summed E-state index contributed by atoms with van der Waals surface area (Å²) in [6.45, 7) is 0.999. The van der Waals surface area contributed by atoms with Gasteiger partial charge in [0.05, 0.1) is 6.61 Å². The highest BCUT2D eigenvalue weighted by atomic mass is 32.1. The van der Waals surface area contributed by atoms with Crippen molar-refractivity contribution in [2.45, 2.75) is 19.1 Å². The zero-order chi connectivity index (χ0) is 12.8. The minimum atomic E-state index is -0.656. The summed E-state index contributed by atoms with van der Waals surface area (Å²) >= 11 is 3.90. The monoisotopic (exact) mass is 259 g/mol. The molecule has 0 spiro atoms. The smallest absolute Gasteiger partial charge is 0.351 e. The van der Waals surface area contributed by atoms with Gasteiger partial charge in [-0.15, -0.1) is 12.6 Å². The van der Waals surface area contributed by atoms with Crippen LogP contribution >= 0.6 is 12.6 Å². The van der Waals surface area contributed by atoms with Crippen molar-refractivity contribution in [3.63, 3.8) is 0 Å². The Hall–Kier alpha value is -1.38. The van der Waals surface area contributed by atoms with Crippen molar-refractivity contribution >= 4 is 24.4 Å². The lowest BCUT2D eigenvalue weighted by molar-refractivity contribution is -0.114. The van der Waals surface area contributed by atoms with Gasteiger partial charge in [-0.25, -0.2) is 4.79 Å². The minimum Gasteiger partial charge on any atom is -0.393 e. The molecule has 1 amide bonds. The van der Waals surface area contributed by atoms with Gasteiger partial charge in [0.1, 0.15) is 18.0 Å². The van der Waals surface area contributed by atoms with Gasteiger partial charge in [-0.2, -0.15) is 4.98 Å². The van der Waals surface area contributed by atoms with Gasteiger partial charge in [0.25, 0.3) is 0 Å². The fourth-order valence-electron chi connectivity index (χ4n) is 0.996. The molecule has 0 saturated heterocycles. The third-order valence-electron chi connectivity index (χ3n) is 1.74. The molecule has 1 atom stereocenters. The Labute approximate surface area is 103 Å². The second-order valence-corrected chi connectivity index (χ2v) is 3.76. The van der Waals surface area contributed by atoms with Crippen molar-refractivity contribution < 1.29 is 14.6 Å². The second kappa shape index (κ2) is 6.38. The third-order valence-corrected chi connectivity index (χ3v) is 2.05. The van der Waals surface area contributed by atoms with Crippen molar-refractivity contribution in [1.29, 1.82) is 0 Å². The molecule has 0 unspecified atom stereocenters. The summed E-state index contributed by atoms with van der Waals surface area (Å²) < 4.78 is 6.21. The fraction of sp³-hybridized carbons (Fsp3) is 0.444. The van der Waals surface area contributed by atoms with E-state index in [1.165, 1.54) is 23.8 Å². The Morgan fingerprint density at radius 2 is 2.47 bits per heavy atom. The molecular formula is C9H13N3O4S. The number of aliphatic hydroxyl groups excluding tert-OH is 1. The van der Waals surface area contributed by atoms with Gasteiger partial charge in [-0.3, -0.25) is 9.36 Å². The molecule has 0 radical (unpaired) electrons. The highest BCUT2D eigenvalue weighted by Crippen LogP contribution is 2.00. The van der Waals surface area contributed by atoms with Crippen LogP contribution in [0.1, 0.15) is 6.92 Å². The summed E-state index contributed by atoms with van der Waals surface area (Å²) in [4.78, 5) is 25.8. The van der Waals surface area contributed by atoms with Crippen LogP contribution in [0.15, 0.2) is 17.1 Å². The molecule has 1 aromatic heterocycles. The van der Waals surface area contributed by atoms with Crippen molar-refractivity contribution in [2.75, 3.05) is 11.9 Å². The molecule has 17 heavy (non-hydrogen) atoms. The lowest BCUT2D eigenvalue weighted by Crippen LogP contribution is -2.26. The Morgan fingerprint density at radius 3 is 3.00 bits per heavy atom. The van der Waals surface area contributed by atoms with E-state index in [1.54, 1.807) is 0 Å². The molecule has 2 N–H and O–H groups in total. The Morgan fingerprint density at radius 1 is 1.76 bits per heavy atom. The standard InChI is InChI=1S/C9H13N3O4S/c1-6(14)10-7-2-3-12(9(15)11-7)5-16-8(17)4-13/h2-3,8,13,17H,4-5H2,1H3,(H,10,11,14,15)/t8-/m0/s1. The molecule has 8 heteroatoms. The highest BCUT2D eigenvalue weighted by Gasteiger charge is 2.04. The van der Waals surface area contributed by atoms with Crippen molar-refractivity contribution in [3.8, 4) is 0 Å². The first-order chi connectivity index (χ1) is 8.02. The lowest BCUT2D eigenvalue weighted by atomic mass is 10.5. The summed E-state index contributed by atoms with van der Waals surface area (Å²) in [5.41, 5.74) is -1.22. The van der Waals surface area contributed by atoms with Gasteiger partial charge >= 0.3 is 5.69 Å². The summed E-state index contributed by atoms with van der Waals surface area (Å²) in [7, 11) is 0. The zero-order valence-corrected chi connectivity index (χ0v) is 10.1. The molecule has 0 bridgehead atoms. The number of anilines is 1. The number of carbonyl (C=O) groups excluding carboxylic acids is 1. The van der Waals surface area contributed by atoms with Gasteiger partial charge in [0.15, 0.2) is 0 Å². The number of amides is 1. The maximum absolute atomic E-state index is 11.5. The van der Waals surface area contributed by atoms with Crippen LogP contribution in [-0.4, -0.2) is 32.6 Å². The van der Waals surface area contributed by atoms with Crippen LogP contribution in [-0.2, 0) is 16.3 Å². The predicted octanol–water partition coefficient (Wildman–Crippen LogP) is -0.576. The quantitative estimate of drug-likeness (QED) is 0.486. The van der Waals surface area contributed by atoms with Gasteiger partial charge in [-0.05, 0) is 6.07 Å². The van der Waals surface area contributed by atoms with Crippen LogP contribution in [0.4, 0.5) is 5.82 Å². The number of thiol groups is 1. The molecule has 7 nitrogen and oxygen atoms in total. The van der Waals surface area contributed by atoms with Gasteiger partial charge in [0, 0.05) is 13.1 Å². The van der Waals surface area contributed by atoms with Crippen LogP contribution in [0.5, 0.6) is 0 Å². The number of rotatable bonds is 5. The molecule has 1 rings (SSSR count). The number of nitrogens with zero attached hydrogens (tertiary/aromatic N) is 2. The average molecular weight is 259 g/mol. The number of nitrogens with one attached hydrogen (secondary N) is 1. The number of hydrogen-bond acceptors (Lipinski definition) is 6. The largest absolute Gasteiger partial charge is 0.393 e. The molecule has 0 aliphatic carbocycles. The molecule has 0 aliphatic heterocycles. The predicted molar refractivity (Wildman–Crippen MR) is 63.7 cm³/mol. The number of carbonyl (C=O) groups is 1. The highest BCUT2D eigenvalue weighted by molar-refractivity contribution is 7.80. The van der Waals surface area contributed by atoms with Crippen LogP contribution in [0, 0.1) is 0 Å². The topological polar surface area (TPSA) is 93.5 Å². The van der Waals surface area contributed by atoms with Crippen molar-refractivity contribution in [2.24, 2.45) is 0 Å². The van der Waals surface area contributed by atoms with E-state index in [9.17, 15) is 9.59 Å². The molecule has 1 aromatic rings. The first-order valence-electron chi connectivity index (χ1n) is 4.78. The summed E-state index contributed by atoms with van der Waals surface area (Å²) in [5.74, 6) is -0.120. The van der Waals surface area contributed by atoms with E-state index in [2.05, 4.69) is 22.9 Å². The molecule has 0 aliphatic rings. The molecule has 94 valence electrons. The Bertz CT molecular complexity index is 448. The van der Waals surface area contributed by atoms with Gasteiger partial charge < -0.3 is 15.2 Å². The average Bonchev–Trinajstić information content (AvgIpc) is 2.26. The first-order valence-corrected chi connectivity index (χ1v) is 5.30. The normalized spacial score (nSPS) is 12.2. The van der Waals surface area contributed by atoms with E-state index in [0.717, 1.165) is 0 Å². The maximum atomic E-state index is 11.5. The zero-order valence-electron chi connectivity index (χ0n) is 9.16. The van der Waals surface area contributed by atoms with Gasteiger partial charge in [-0.1, -0.05) is 0 Å². The summed E-state index contributed by atoms with van der Waals surface area (Å²) in [5, 5.41) is 11.1. The Balaban J connectivity index is 2.69. The van der Waals surface area contributed by atoms with Crippen LogP contribution in [0.25, 0.3) is 0 Å². The number of ether oxygens (including phenoxy) is 1. The van der Waals surface area contributed by atoms with E-state index in [1.807, 2.05) is 0 Å². The SMILES string of the molecule is CC(=O)Nc1ccn(CO[C@@H](S)CO)c(=O)n1. The van der Waals surface area contributed by atoms with Crippen LogP contribution in [0.2, 0.25) is 0 Å². The molecular weight excluding hydrogens is 246 g/mol. The number of hydrogen-bond donors (Lipinski definition) is 3. The number of aromatic nitrogens is 2. The number of aliphatic hydroxyl groups is 1. The lowest BCUT2D eigenvalue weighted by Gasteiger charge is -2.10. The Kier molecular flexibility index (Phi) is 5.13. The van der Waals surface area contributed by atoms with E-state index in [-0.39, 0.29) is 25.1 Å². The van der Waals surface area contributed by atoms with E-state index in [0.29, 0.717) is 0 Å². The maximum Gasteiger partial charge on any atom is 0.351 e. The molecule has 0 saturated carbocycles. The fourth-order valence-corrected chi connectivity index (χ4v) is 1.06. The van der Waals surface area contributed by atoms with Crippen LogP contribution < -0.4 is 11.0 Å².